The molecule has 0 saturated carbocycles. The minimum absolute atomic E-state index is 0.359. The quantitative estimate of drug-likeness (QED) is 0.752. The number of aromatic nitrogens is 1. The fourth-order valence-corrected chi connectivity index (χ4v) is 1.84. The van der Waals surface area contributed by atoms with Crippen molar-refractivity contribution in [1.82, 2.24) is 4.98 Å². The van der Waals surface area contributed by atoms with Gasteiger partial charge < -0.3 is 9.72 Å². The number of H-pyrrole nitrogens is 1. The average Bonchev–Trinajstić information content (AvgIpc) is 2.57. The second-order valence-electron chi connectivity index (χ2n) is 3.71. The number of esters is 1. The van der Waals surface area contributed by atoms with Gasteiger partial charge in [0.1, 0.15) is 5.82 Å². The molecule has 16 heavy (non-hydrogen) atoms. The Balaban J connectivity index is 2.86. The number of hydrogen-bond donors (Lipinski definition) is 1. The number of aryl methyl sites for hydroxylation is 2. The molecule has 0 unspecified atom stereocenters. The zero-order chi connectivity index (χ0) is 11.9. The van der Waals surface area contributed by atoms with Crippen molar-refractivity contribution >= 4 is 16.9 Å². The number of hydrogen-bond acceptors (Lipinski definition) is 2. The molecule has 0 atom stereocenters. The van der Waals surface area contributed by atoms with Crippen LogP contribution in [0.1, 0.15) is 21.6 Å². The first-order chi connectivity index (χ1) is 7.56. The molecule has 0 aliphatic rings. The number of halogens is 1. The molecule has 1 aromatic heterocycles. The summed E-state index contributed by atoms with van der Waals surface area (Å²) in [6, 6.07) is 2.72. The zero-order valence-electron chi connectivity index (χ0n) is 9.35. The van der Waals surface area contributed by atoms with E-state index in [1.807, 2.05) is 13.8 Å². The lowest BCUT2D eigenvalue weighted by Gasteiger charge is -2.02. The van der Waals surface area contributed by atoms with Gasteiger partial charge in [0, 0.05) is 11.1 Å². The summed E-state index contributed by atoms with van der Waals surface area (Å²) in [5.41, 5.74) is 2.47. The average molecular weight is 221 g/mol. The number of nitrogens with one attached hydrogen (secondary N) is 1. The number of methoxy groups -OCH3 is 1. The van der Waals surface area contributed by atoms with E-state index in [-0.39, 0.29) is 5.82 Å². The Labute approximate surface area is 92.2 Å². The van der Waals surface area contributed by atoms with Gasteiger partial charge in [-0.2, -0.15) is 0 Å². The van der Waals surface area contributed by atoms with Crippen molar-refractivity contribution in [2.75, 3.05) is 7.11 Å². The van der Waals surface area contributed by atoms with Crippen LogP contribution in [0.25, 0.3) is 10.9 Å². The van der Waals surface area contributed by atoms with Gasteiger partial charge in [-0.05, 0) is 31.5 Å². The number of ether oxygens (including phenoxy) is 1. The monoisotopic (exact) mass is 221 g/mol. The maximum absolute atomic E-state index is 13.5. The summed E-state index contributed by atoms with van der Waals surface area (Å²) >= 11 is 0. The van der Waals surface area contributed by atoms with Crippen molar-refractivity contribution in [3.63, 3.8) is 0 Å². The smallest absolute Gasteiger partial charge is 0.338 e. The third-order valence-corrected chi connectivity index (χ3v) is 2.81. The van der Waals surface area contributed by atoms with Crippen LogP contribution in [0.5, 0.6) is 0 Å². The first-order valence-corrected chi connectivity index (χ1v) is 4.92. The Kier molecular flexibility index (Phi) is 2.42. The summed E-state index contributed by atoms with van der Waals surface area (Å²) in [6.07, 6.45) is 0. The Hall–Kier alpha value is -1.84. The van der Waals surface area contributed by atoms with Crippen LogP contribution in [0.3, 0.4) is 0 Å². The second kappa shape index (κ2) is 3.63. The number of rotatable bonds is 1. The minimum atomic E-state index is -0.452. The largest absolute Gasteiger partial charge is 0.465 e. The second-order valence-corrected chi connectivity index (χ2v) is 3.71. The van der Waals surface area contributed by atoms with E-state index in [9.17, 15) is 9.18 Å². The van der Waals surface area contributed by atoms with Crippen molar-refractivity contribution in [2.45, 2.75) is 13.8 Å². The third-order valence-electron chi connectivity index (χ3n) is 2.81. The highest BCUT2D eigenvalue weighted by Gasteiger charge is 2.17. The van der Waals surface area contributed by atoms with E-state index in [4.69, 9.17) is 0 Å². The van der Waals surface area contributed by atoms with Crippen molar-refractivity contribution in [2.24, 2.45) is 0 Å². The van der Waals surface area contributed by atoms with Crippen molar-refractivity contribution < 1.29 is 13.9 Å². The summed E-state index contributed by atoms with van der Waals surface area (Å²) < 4.78 is 18.2. The molecule has 2 rings (SSSR count). The predicted octanol–water partition coefficient (Wildman–Crippen LogP) is 2.71. The summed E-state index contributed by atoms with van der Waals surface area (Å²) in [6.45, 7) is 3.69. The molecule has 1 aromatic carbocycles. The molecule has 1 N–H and O–H groups in total. The molecule has 2 aromatic rings. The van der Waals surface area contributed by atoms with E-state index in [1.165, 1.54) is 19.2 Å². The van der Waals surface area contributed by atoms with Crippen LogP contribution in [-0.4, -0.2) is 18.1 Å². The molecule has 4 heteroatoms. The number of carbonyl (C=O) groups excluding carboxylic acids is 1. The van der Waals surface area contributed by atoms with Gasteiger partial charge in [0.2, 0.25) is 0 Å². The summed E-state index contributed by atoms with van der Waals surface area (Å²) in [5, 5.41) is 0.601. The molecule has 0 bridgehead atoms. The number of fused-ring (bicyclic) bond motifs is 1. The van der Waals surface area contributed by atoms with Crippen LogP contribution in [0, 0.1) is 19.7 Å². The molecule has 0 aliphatic heterocycles. The molecule has 0 spiro atoms. The summed E-state index contributed by atoms with van der Waals surface area (Å²) in [4.78, 5) is 14.5. The Morgan fingerprint density at radius 2 is 2.06 bits per heavy atom. The van der Waals surface area contributed by atoms with Gasteiger partial charge in [-0.15, -0.1) is 0 Å². The number of aromatic amines is 1. The molecule has 0 aliphatic carbocycles. The highest BCUT2D eigenvalue weighted by atomic mass is 19.1. The third kappa shape index (κ3) is 1.38. The van der Waals surface area contributed by atoms with Crippen molar-refractivity contribution in [3.8, 4) is 0 Å². The summed E-state index contributed by atoms with van der Waals surface area (Å²) in [7, 11) is 1.31. The lowest BCUT2D eigenvalue weighted by molar-refractivity contribution is 0.0603. The van der Waals surface area contributed by atoms with Crippen LogP contribution < -0.4 is 0 Å². The van der Waals surface area contributed by atoms with Gasteiger partial charge in [-0.25, -0.2) is 9.18 Å². The molecule has 84 valence electrons. The number of carbonyl (C=O) groups is 1. The van der Waals surface area contributed by atoms with Gasteiger partial charge in [0.15, 0.2) is 0 Å². The molecule has 0 fully saturated rings. The maximum Gasteiger partial charge on any atom is 0.338 e. The normalized spacial score (nSPS) is 10.8. The first-order valence-electron chi connectivity index (χ1n) is 4.92. The van der Waals surface area contributed by atoms with Gasteiger partial charge >= 0.3 is 5.97 Å². The molecule has 0 amide bonds. The van der Waals surface area contributed by atoms with Gasteiger partial charge in [0.05, 0.1) is 18.2 Å². The minimum Gasteiger partial charge on any atom is -0.465 e. The van der Waals surface area contributed by atoms with Crippen LogP contribution in [0.2, 0.25) is 0 Å². The lowest BCUT2D eigenvalue weighted by atomic mass is 10.1. The SMILES string of the molecule is COC(=O)c1ccc(F)c2[nH]c(C)c(C)c12. The zero-order valence-corrected chi connectivity index (χ0v) is 9.35. The molecule has 1 heterocycles. The van der Waals surface area contributed by atoms with E-state index in [0.29, 0.717) is 16.5 Å². The molecular weight excluding hydrogens is 209 g/mol. The van der Waals surface area contributed by atoms with E-state index in [2.05, 4.69) is 9.72 Å². The first kappa shape index (κ1) is 10.7. The molecule has 0 saturated heterocycles. The van der Waals surface area contributed by atoms with Crippen molar-refractivity contribution in [3.05, 3.63) is 34.8 Å². The van der Waals surface area contributed by atoms with Crippen LogP contribution in [0.15, 0.2) is 12.1 Å². The van der Waals surface area contributed by atoms with Crippen molar-refractivity contribution in [1.29, 1.82) is 0 Å². The molecule has 3 nitrogen and oxygen atoms in total. The highest BCUT2D eigenvalue weighted by molar-refractivity contribution is 6.05. The van der Waals surface area contributed by atoms with Crippen LogP contribution >= 0.6 is 0 Å². The fraction of sp³-hybridized carbons (Fsp3) is 0.250. The van der Waals surface area contributed by atoms with E-state index in [0.717, 1.165) is 11.3 Å². The predicted molar refractivity (Wildman–Crippen MR) is 59.1 cm³/mol. The van der Waals surface area contributed by atoms with Gasteiger partial charge in [-0.1, -0.05) is 0 Å². The van der Waals surface area contributed by atoms with Crippen LogP contribution in [-0.2, 0) is 4.74 Å². The standard InChI is InChI=1S/C12H12FNO2/c1-6-7(2)14-11-9(13)5-4-8(10(6)11)12(15)16-3/h4-5,14H,1-3H3. The lowest BCUT2D eigenvalue weighted by Crippen LogP contribution is -2.02. The van der Waals surface area contributed by atoms with Gasteiger partial charge in [0.25, 0.3) is 0 Å². The summed E-state index contributed by atoms with van der Waals surface area (Å²) in [5.74, 6) is -0.814. The maximum atomic E-state index is 13.5. The Bertz CT molecular complexity index is 572. The Morgan fingerprint density at radius 3 is 2.69 bits per heavy atom. The highest BCUT2D eigenvalue weighted by Crippen LogP contribution is 2.27. The van der Waals surface area contributed by atoms with E-state index < -0.39 is 5.97 Å². The molecular formula is C12H12FNO2. The van der Waals surface area contributed by atoms with Crippen LogP contribution in [0.4, 0.5) is 4.39 Å². The topological polar surface area (TPSA) is 42.1 Å². The molecule has 0 radical (unpaired) electrons. The number of benzene rings is 1. The Morgan fingerprint density at radius 1 is 1.38 bits per heavy atom. The van der Waals surface area contributed by atoms with E-state index in [1.54, 1.807) is 0 Å². The van der Waals surface area contributed by atoms with Gasteiger partial charge in [-0.3, -0.25) is 0 Å². The fourth-order valence-electron chi connectivity index (χ4n) is 1.84. The van der Waals surface area contributed by atoms with E-state index >= 15 is 0 Å².